The molecule has 4 aliphatic carbocycles. The zero-order chi connectivity index (χ0) is 21.8. The molecule has 0 aromatic heterocycles. The van der Waals surface area contributed by atoms with E-state index in [1.807, 2.05) is 0 Å². The van der Waals surface area contributed by atoms with E-state index in [-0.39, 0.29) is 29.1 Å². The number of aliphatic hydroxyl groups is 2. The molecule has 1 unspecified atom stereocenters. The largest absolute Gasteiger partial charge is 0.393 e. The summed E-state index contributed by atoms with van der Waals surface area (Å²) in [5.41, 5.74) is 1.53. The van der Waals surface area contributed by atoms with Crippen molar-refractivity contribution in [2.24, 2.45) is 46.3 Å². The fraction of sp³-hybridized carbons (Fsp3) is 0.926. The van der Waals surface area contributed by atoms with Gasteiger partial charge in [0.15, 0.2) is 5.79 Å². The molecule has 1 spiro atoms. The van der Waals surface area contributed by atoms with Crippen LogP contribution in [0.25, 0.3) is 0 Å². The Labute approximate surface area is 187 Å². The highest BCUT2D eigenvalue weighted by molar-refractivity contribution is 5.27. The SMILES string of the molecule is CC1CC[C@@]2(OC1)O[C@H]1C[C@@H]3[C@@H]4CC=C5C[C@@H](O)CC[C@]5(C)[C@H]4C[C@@H](O)[C@]3(C)[C@H]1[C@@H]2C. The Hall–Kier alpha value is -0.420. The number of hydrogen-bond donors (Lipinski definition) is 2. The van der Waals surface area contributed by atoms with Crippen molar-refractivity contribution in [1.82, 2.24) is 0 Å². The highest BCUT2D eigenvalue weighted by Crippen LogP contribution is 2.70. The minimum Gasteiger partial charge on any atom is -0.393 e. The van der Waals surface area contributed by atoms with E-state index in [1.165, 1.54) is 12.0 Å². The molecule has 3 saturated carbocycles. The summed E-state index contributed by atoms with van der Waals surface area (Å²) in [5, 5.41) is 22.0. The number of aliphatic hydroxyl groups excluding tert-OH is 2. The molecule has 4 heteroatoms. The summed E-state index contributed by atoms with van der Waals surface area (Å²) in [5.74, 6) is 2.58. The van der Waals surface area contributed by atoms with Crippen molar-refractivity contribution in [1.29, 1.82) is 0 Å². The van der Waals surface area contributed by atoms with Gasteiger partial charge in [-0.1, -0.05) is 39.3 Å². The van der Waals surface area contributed by atoms with Gasteiger partial charge in [-0.05, 0) is 74.0 Å². The highest BCUT2D eigenvalue weighted by atomic mass is 16.7. The first-order valence-corrected chi connectivity index (χ1v) is 13.1. The molecule has 174 valence electrons. The Morgan fingerprint density at radius 2 is 1.84 bits per heavy atom. The molecule has 5 fully saturated rings. The molecule has 31 heavy (non-hydrogen) atoms. The van der Waals surface area contributed by atoms with Crippen molar-refractivity contribution in [3.8, 4) is 0 Å². The van der Waals surface area contributed by atoms with Crippen LogP contribution in [-0.2, 0) is 9.47 Å². The topological polar surface area (TPSA) is 58.9 Å². The summed E-state index contributed by atoms with van der Waals surface area (Å²) in [6.07, 6.45) is 10.3. The lowest BCUT2D eigenvalue weighted by Gasteiger charge is -2.60. The molecule has 6 rings (SSSR count). The summed E-state index contributed by atoms with van der Waals surface area (Å²) in [6, 6.07) is 0. The third kappa shape index (κ3) is 2.68. The monoisotopic (exact) mass is 430 g/mol. The predicted molar refractivity (Wildman–Crippen MR) is 119 cm³/mol. The second kappa shape index (κ2) is 6.81. The van der Waals surface area contributed by atoms with Gasteiger partial charge >= 0.3 is 0 Å². The molecule has 4 nitrogen and oxygen atoms in total. The third-order valence-corrected chi connectivity index (χ3v) is 11.5. The van der Waals surface area contributed by atoms with E-state index in [4.69, 9.17) is 9.47 Å². The van der Waals surface area contributed by atoms with E-state index in [9.17, 15) is 10.2 Å². The van der Waals surface area contributed by atoms with Crippen LogP contribution in [0.15, 0.2) is 11.6 Å². The van der Waals surface area contributed by atoms with Gasteiger partial charge in [-0.25, -0.2) is 0 Å². The van der Waals surface area contributed by atoms with Crippen molar-refractivity contribution in [3.05, 3.63) is 11.6 Å². The van der Waals surface area contributed by atoms with Crippen molar-refractivity contribution in [3.63, 3.8) is 0 Å². The fourth-order valence-electron chi connectivity index (χ4n) is 9.61. The number of fused-ring (bicyclic) bond motifs is 7. The van der Waals surface area contributed by atoms with Crippen LogP contribution in [0.1, 0.15) is 79.1 Å². The average molecular weight is 431 g/mol. The second-order valence-corrected chi connectivity index (χ2v) is 12.7. The van der Waals surface area contributed by atoms with Crippen molar-refractivity contribution in [2.75, 3.05) is 6.61 Å². The van der Waals surface area contributed by atoms with Gasteiger partial charge in [0, 0.05) is 23.7 Å². The van der Waals surface area contributed by atoms with Gasteiger partial charge in [0.2, 0.25) is 0 Å². The van der Waals surface area contributed by atoms with Crippen LogP contribution >= 0.6 is 0 Å². The lowest BCUT2D eigenvalue weighted by atomic mass is 9.46. The van der Waals surface area contributed by atoms with Crippen LogP contribution in [0.2, 0.25) is 0 Å². The van der Waals surface area contributed by atoms with Crippen LogP contribution in [0.5, 0.6) is 0 Å². The fourth-order valence-corrected chi connectivity index (χ4v) is 9.61. The Morgan fingerprint density at radius 1 is 1.03 bits per heavy atom. The van der Waals surface area contributed by atoms with E-state index >= 15 is 0 Å². The van der Waals surface area contributed by atoms with E-state index < -0.39 is 5.79 Å². The van der Waals surface area contributed by atoms with Crippen LogP contribution in [-0.4, -0.2) is 40.9 Å². The van der Waals surface area contributed by atoms with Crippen LogP contribution < -0.4 is 0 Å². The van der Waals surface area contributed by atoms with Crippen molar-refractivity contribution >= 4 is 0 Å². The van der Waals surface area contributed by atoms with Crippen LogP contribution in [0.4, 0.5) is 0 Å². The van der Waals surface area contributed by atoms with E-state index in [0.717, 1.165) is 51.6 Å². The molecule has 2 heterocycles. The van der Waals surface area contributed by atoms with E-state index in [2.05, 4.69) is 33.8 Å². The minimum atomic E-state index is -0.419. The van der Waals surface area contributed by atoms with Crippen molar-refractivity contribution < 1.29 is 19.7 Å². The second-order valence-electron chi connectivity index (χ2n) is 12.7. The van der Waals surface area contributed by atoms with Gasteiger partial charge in [0.05, 0.1) is 24.9 Å². The van der Waals surface area contributed by atoms with Gasteiger partial charge in [-0.15, -0.1) is 0 Å². The summed E-state index contributed by atoms with van der Waals surface area (Å²) in [4.78, 5) is 0. The average Bonchev–Trinajstić information content (AvgIpc) is 3.18. The van der Waals surface area contributed by atoms with Gasteiger partial charge in [0.1, 0.15) is 0 Å². The number of rotatable bonds is 0. The Morgan fingerprint density at radius 3 is 2.58 bits per heavy atom. The van der Waals surface area contributed by atoms with Crippen LogP contribution in [0.3, 0.4) is 0 Å². The Balaban J connectivity index is 1.32. The maximum atomic E-state index is 11.8. The summed E-state index contributed by atoms with van der Waals surface area (Å²) >= 11 is 0. The molecular weight excluding hydrogens is 388 g/mol. The molecule has 0 aromatic rings. The maximum absolute atomic E-state index is 11.8. The lowest BCUT2D eigenvalue weighted by molar-refractivity contribution is -0.273. The number of hydrogen-bond acceptors (Lipinski definition) is 4. The lowest BCUT2D eigenvalue weighted by Crippen LogP contribution is -2.57. The molecule has 0 amide bonds. The Bertz CT molecular complexity index is 769. The molecule has 0 bridgehead atoms. The van der Waals surface area contributed by atoms with Gasteiger partial charge in [0.25, 0.3) is 0 Å². The normalized spacial score (nSPS) is 60.7. The molecule has 12 atom stereocenters. The van der Waals surface area contributed by atoms with Crippen molar-refractivity contribution in [2.45, 2.75) is 103 Å². The quantitative estimate of drug-likeness (QED) is 0.548. The molecule has 0 radical (unpaired) electrons. The summed E-state index contributed by atoms with van der Waals surface area (Å²) < 4.78 is 13.2. The number of ether oxygens (including phenoxy) is 2. The first-order valence-electron chi connectivity index (χ1n) is 13.1. The first kappa shape index (κ1) is 21.1. The summed E-state index contributed by atoms with van der Waals surface area (Å²) in [7, 11) is 0. The minimum absolute atomic E-state index is 0.0863. The molecule has 2 saturated heterocycles. The Kier molecular flexibility index (Phi) is 4.64. The predicted octanol–water partition coefficient (Wildman–Crippen LogP) is 4.68. The van der Waals surface area contributed by atoms with Gasteiger partial charge in [-0.2, -0.15) is 0 Å². The summed E-state index contributed by atoms with van der Waals surface area (Å²) in [6.45, 7) is 10.2. The smallest absolute Gasteiger partial charge is 0.171 e. The number of allylic oxidation sites excluding steroid dienone is 1. The molecule has 2 aliphatic heterocycles. The van der Waals surface area contributed by atoms with Crippen LogP contribution in [0, 0.1) is 46.3 Å². The molecule has 0 aromatic carbocycles. The highest BCUT2D eigenvalue weighted by Gasteiger charge is 2.71. The zero-order valence-corrected chi connectivity index (χ0v) is 19.8. The zero-order valence-electron chi connectivity index (χ0n) is 19.8. The third-order valence-electron chi connectivity index (χ3n) is 11.5. The van der Waals surface area contributed by atoms with Gasteiger partial charge < -0.3 is 19.7 Å². The molecular formula is C27H42O4. The first-order chi connectivity index (χ1) is 14.7. The van der Waals surface area contributed by atoms with Gasteiger partial charge in [-0.3, -0.25) is 0 Å². The standard InChI is InChI=1S/C27H42O4/c1-15-7-10-27(30-14-15)16(2)24-22(31-27)12-21-19-6-5-17-11-18(28)8-9-25(17,3)20(19)13-23(29)26(21,24)4/h5,15-16,18-24,28-29H,6-14H2,1-4H3/t15?,16-,18-,19+,20-,21+,22-,23+,24-,25-,26+,27+/m0/s1. The molecule has 2 N–H and O–H groups in total. The molecule has 6 aliphatic rings. The van der Waals surface area contributed by atoms with E-state index in [1.54, 1.807) is 0 Å². The maximum Gasteiger partial charge on any atom is 0.171 e. The van der Waals surface area contributed by atoms with E-state index in [0.29, 0.717) is 35.5 Å².